The summed E-state index contributed by atoms with van der Waals surface area (Å²) in [6, 6.07) is 10.7. The molecule has 0 bridgehead atoms. The molecule has 2 aromatic rings. The van der Waals surface area contributed by atoms with Gasteiger partial charge in [-0.25, -0.2) is 13.6 Å². The van der Waals surface area contributed by atoms with Crippen LogP contribution in [0.1, 0.15) is 22.3 Å². The van der Waals surface area contributed by atoms with Gasteiger partial charge in [-0.05, 0) is 11.6 Å². The van der Waals surface area contributed by atoms with E-state index >= 15 is 0 Å². The highest BCUT2D eigenvalue weighted by molar-refractivity contribution is 5.98. The van der Waals surface area contributed by atoms with Gasteiger partial charge in [0.25, 0.3) is 0 Å². The van der Waals surface area contributed by atoms with Gasteiger partial charge in [0.1, 0.15) is 11.6 Å². The van der Waals surface area contributed by atoms with E-state index in [1.54, 1.807) is 4.90 Å². The molecule has 8 heteroatoms. The van der Waals surface area contributed by atoms with E-state index in [0.717, 1.165) is 18.7 Å². The molecule has 146 valence electrons. The lowest BCUT2D eigenvalue weighted by Crippen LogP contribution is -2.28. The number of carbonyl (C=O) groups excluding carboxylic acids is 3. The lowest BCUT2D eigenvalue weighted by atomic mass is 10.1. The summed E-state index contributed by atoms with van der Waals surface area (Å²) in [5.41, 5.74) is 0.0948. The van der Waals surface area contributed by atoms with Crippen molar-refractivity contribution in [3.05, 3.63) is 65.2 Å². The molecule has 1 aliphatic heterocycles. The van der Waals surface area contributed by atoms with Gasteiger partial charge in [-0.2, -0.15) is 0 Å². The van der Waals surface area contributed by atoms with E-state index < -0.39 is 35.0 Å². The lowest BCUT2D eigenvalue weighted by Gasteiger charge is -2.17. The summed E-state index contributed by atoms with van der Waals surface area (Å²) in [6.07, 6.45) is -0.00859. The molecule has 1 heterocycles. The van der Waals surface area contributed by atoms with Crippen molar-refractivity contribution in [3.8, 4) is 0 Å². The molecular formula is C20H18F2N2O4. The maximum atomic E-state index is 14.0. The Morgan fingerprint density at radius 3 is 2.57 bits per heavy atom. The van der Waals surface area contributed by atoms with Crippen molar-refractivity contribution in [2.75, 3.05) is 19.0 Å². The molecule has 6 nitrogen and oxygen atoms in total. The Bertz CT molecular complexity index is 918. The highest BCUT2D eigenvalue weighted by Crippen LogP contribution is 2.24. The Hall–Kier alpha value is -3.29. The molecule has 1 N–H and O–H groups in total. The van der Waals surface area contributed by atoms with Gasteiger partial charge in [-0.15, -0.1) is 0 Å². The van der Waals surface area contributed by atoms with E-state index in [2.05, 4.69) is 10.1 Å². The number of esters is 1. The standard InChI is InChI=1S/C20H18F2N2O4/c1-28-20(27)14-8-17(16(22)9-15(14)21)23-19(26)13-7-18(25)24(11-13)10-12-5-3-2-4-6-12/h2-6,8-9,13H,7,10-11H2,1H3,(H,23,26). The van der Waals surface area contributed by atoms with Crippen LogP contribution in [0.3, 0.4) is 0 Å². The predicted molar refractivity (Wildman–Crippen MR) is 96.3 cm³/mol. The van der Waals surface area contributed by atoms with Crippen molar-refractivity contribution in [2.24, 2.45) is 5.92 Å². The van der Waals surface area contributed by atoms with Crippen LogP contribution in [0.5, 0.6) is 0 Å². The van der Waals surface area contributed by atoms with Crippen LogP contribution < -0.4 is 5.32 Å². The number of methoxy groups -OCH3 is 1. The predicted octanol–water partition coefficient (Wildman–Crippen LogP) is 2.74. The number of hydrogen-bond donors (Lipinski definition) is 1. The molecule has 1 fully saturated rings. The SMILES string of the molecule is COC(=O)c1cc(NC(=O)C2CC(=O)N(Cc3ccccc3)C2)c(F)cc1F. The summed E-state index contributed by atoms with van der Waals surface area (Å²) in [5, 5.41) is 2.34. The Kier molecular flexibility index (Phi) is 5.67. The monoisotopic (exact) mass is 388 g/mol. The molecular weight excluding hydrogens is 370 g/mol. The number of amides is 2. The summed E-state index contributed by atoms with van der Waals surface area (Å²) in [7, 11) is 1.06. The first-order valence-corrected chi connectivity index (χ1v) is 8.59. The average molecular weight is 388 g/mol. The lowest BCUT2D eigenvalue weighted by molar-refractivity contribution is -0.128. The maximum Gasteiger partial charge on any atom is 0.340 e. The average Bonchev–Trinajstić information content (AvgIpc) is 3.04. The molecule has 28 heavy (non-hydrogen) atoms. The molecule has 0 aliphatic carbocycles. The van der Waals surface area contributed by atoms with Gasteiger partial charge in [0, 0.05) is 25.6 Å². The highest BCUT2D eigenvalue weighted by atomic mass is 19.1. The summed E-state index contributed by atoms with van der Waals surface area (Å²) < 4.78 is 32.1. The zero-order valence-corrected chi connectivity index (χ0v) is 15.1. The summed E-state index contributed by atoms with van der Waals surface area (Å²) in [5.74, 6) is -4.54. The molecule has 0 radical (unpaired) electrons. The van der Waals surface area contributed by atoms with E-state index in [1.165, 1.54) is 0 Å². The number of ether oxygens (including phenoxy) is 1. The number of likely N-dealkylation sites (tertiary alicyclic amines) is 1. The third-order valence-corrected chi connectivity index (χ3v) is 4.52. The van der Waals surface area contributed by atoms with Crippen LogP contribution in [0.4, 0.5) is 14.5 Å². The van der Waals surface area contributed by atoms with E-state index in [-0.39, 0.29) is 24.6 Å². The van der Waals surface area contributed by atoms with E-state index in [1.807, 2.05) is 30.3 Å². The fourth-order valence-electron chi connectivity index (χ4n) is 3.05. The number of carbonyl (C=O) groups is 3. The van der Waals surface area contributed by atoms with Gasteiger partial charge < -0.3 is 15.0 Å². The largest absolute Gasteiger partial charge is 0.465 e. The third kappa shape index (κ3) is 4.16. The summed E-state index contributed by atoms with van der Waals surface area (Å²) >= 11 is 0. The highest BCUT2D eigenvalue weighted by Gasteiger charge is 2.34. The first-order valence-electron chi connectivity index (χ1n) is 8.59. The zero-order chi connectivity index (χ0) is 20.3. The van der Waals surface area contributed by atoms with Crippen molar-refractivity contribution in [3.63, 3.8) is 0 Å². The number of rotatable bonds is 5. The molecule has 3 rings (SSSR count). The van der Waals surface area contributed by atoms with Crippen molar-refractivity contribution >= 4 is 23.5 Å². The fourth-order valence-corrected chi connectivity index (χ4v) is 3.05. The molecule has 2 aromatic carbocycles. The second kappa shape index (κ2) is 8.16. The molecule has 1 aliphatic rings. The number of anilines is 1. The van der Waals surface area contributed by atoms with Crippen molar-refractivity contribution in [2.45, 2.75) is 13.0 Å². The van der Waals surface area contributed by atoms with Gasteiger partial charge in [-0.3, -0.25) is 9.59 Å². The summed E-state index contributed by atoms with van der Waals surface area (Å²) in [6.45, 7) is 0.563. The van der Waals surface area contributed by atoms with Crippen molar-refractivity contribution < 1.29 is 27.9 Å². The Morgan fingerprint density at radius 2 is 1.89 bits per heavy atom. The number of nitrogens with one attached hydrogen (secondary N) is 1. The second-order valence-electron chi connectivity index (χ2n) is 6.45. The van der Waals surface area contributed by atoms with Gasteiger partial charge in [-0.1, -0.05) is 30.3 Å². The Morgan fingerprint density at radius 1 is 1.18 bits per heavy atom. The molecule has 2 amide bonds. The van der Waals surface area contributed by atoms with Gasteiger partial charge >= 0.3 is 5.97 Å². The van der Waals surface area contributed by atoms with Crippen LogP contribution >= 0.6 is 0 Å². The third-order valence-electron chi connectivity index (χ3n) is 4.52. The number of nitrogens with zero attached hydrogens (tertiary/aromatic N) is 1. The number of halogens is 2. The zero-order valence-electron chi connectivity index (χ0n) is 15.1. The molecule has 0 spiro atoms. The van der Waals surface area contributed by atoms with Crippen molar-refractivity contribution in [1.82, 2.24) is 4.90 Å². The van der Waals surface area contributed by atoms with E-state index in [0.29, 0.717) is 12.6 Å². The minimum absolute atomic E-state index is 0.00859. The van der Waals surface area contributed by atoms with Crippen molar-refractivity contribution in [1.29, 1.82) is 0 Å². The quantitative estimate of drug-likeness (QED) is 0.800. The van der Waals surface area contributed by atoms with E-state index in [4.69, 9.17) is 0 Å². The normalized spacial score (nSPS) is 16.2. The van der Waals surface area contributed by atoms with Crippen LogP contribution in [0.25, 0.3) is 0 Å². The van der Waals surface area contributed by atoms with Crippen LogP contribution in [0, 0.1) is 17.6 Å². The van der Waals surface area contributed by atoms with E-state index in [9.17, 15) is 23.2 Å². The molecule has 1 saturated heterocycles. The van der Waals surface area contributed by atoms with Gasteiger partial charge in [0.05, 0.1) is 24.3 Å². The van der Waals surface area contributed by atoms with Crippen LogP contribution in [-0.2, 0) is 20.9 Å². The number of benzene rings is 2. The molecule has 0 aromatic heterocycles. The summed E-state index contributed by atoms with van der Waals surface area (Å²) in [4.78, 5) is 37.8. The first-order chi connectivity index (χ1) is 13.4. The molecule has 0 saturated carbocycles. The van der Waals surface area contributed by atoms with Crippen LogP contribution in [0.15, 0.2) is 42.5 Å². The first kappa shape index (κ1) is 19.5. The van der Waals surface area contributed by atoms with Gasteiger partial charge in [0.2, 0.25) is 11.8 Å². The van der Waals surface area contributed by atoms with Gasteiger partial charge in [0.15, 0.2) is 0 Å². The maximum absolute atomic E-state index is 14.0. The number of hydrogen-bond acceptors (Lipinski definition) is 4. The Balaban J connectivity index is 1.70. The molecule has 1 atom stereocenters. The van der Waals surface area contributed by atoms with Crippen LogP contribution in [-0.4, -0.2) is 36.3 Å². The minimum atomic E-state index is -1.09. The minimum Gasteiger partial charge on any atom is -0.465 e. The Labute approximate surface area is 160 Å². The smallest absolute Gasteiger partial charge is 0.340 e. The second-order valence-corrected chi connectivity index (χ2v) is 6.45. The topological polar surface area (TPSA) is 75.7 Å². The molecule has 1 unspecified atom stereocenters. The van der Waals surface area contributed by atoms with Crippen LogP contribution in [0.2, 0.25) is 0 Å². The fraction of sp³-hybridized carbons (Fsp3) is 0.250.